The van der Waals surface area contributed by atoms with Crippen molar-refractivity contribution in [3.63, 3.8) is 0 Å². The molecule has 2 aromatic carbocycles. The van der Waals surface area contributed by atoms with Gasteiger partial charge in [0.2, 0.25) is 0 Å². The third kappa shape index (κ3) is 3.28. The molecule has 0 atom stereocenters. The normalized spacial score (nSPS) is 10.3. The molecular weight excluding hydrogens is 286 g/mol. The summed E-state index contributed by atoms with van der Waals surface area (Å²) in [5.74, 6) is -0.0767. The van der Waals surface area contributed by atoms with Crippen molar-refractivity contribution in [2.24, 2.45) is 0 Å². The molecule has 0 radical (unpaired) electrons. The average Bonchev–Trinajstić information content (AvgIpc) is 2.44. The van der Waals surface area contributed by atoms with Crippen LogP contribution in [0, 0.1) is 6.92 Å². The third-order valence-corrected chi connectivity index (χ3v) is 3.65. The number of carbonyl (C=O) groups excluding carboxylic acids is 1. The Hall–Kier alpha value is -2.20. The zero-order valence-corrected chi connectivity index (χ0v) is 13.0. The lowest BCUT2D eigenvalue weighted by molar-refractivity contribution is 0.0827. The SMILES string of the molecule is Cc1c(Cl)cccc1Nc1ccc(C(=O)N(C)C)cc1N. The van der Waals surface area contributed by atoms with Crippen molar-refractivity contribution in [1.82, 2.24) is 4.90 Å². The Morgan fingerprint density at radius 2 is 1.90 bits per heavy atom. The maximum Gasteiger partial charge on any atom is 0.253 e. The minimum absolute atomic E-state index is 0.0767. The Bertz CT molecular complexity index is 683. The number of nitrogens with one attached hydrogen (secondary N) is 1. The van der Waals surface area contributed by atoms with Gasteiger partial charge < -0.3 is 16.0 Å². The lowest BCUT2D eigenvalue weighted by atomic mass is 10.1. The van der Waals surface area contributed by atoms with E-state index in [9.17, 15) is 4.79 Å². The summed E-state index contributed by atoms with van der Waals surface area (Å²) in [7, 11) is 3.42. The van der Waals surface area contributed by atoms with Gasteiger partial charge in [-0.2, -0.15) is 0 Å². The van der Waals surface area contributed by atoms with Gasteiger partial charge in [0.1, 0.15) is 0 Å². The van der Waals surface area contributed by atoms with Crippen molar-refractivity contribution in [1.29, 1.82) is 0 Å². The quantitative estimate of drug-likeness (QED) is 0.850. The molecule has 0 aliphatic heterocycles. The second-order valence-corrected chi connectivity index (χ2v) is 5.45. The van der Waals surface area contributed by atoms with E-state index >= 15 is 0 Å². The first-order valence-corrected chi connectivity index (χ1v) is 6.91. The van der Waals surface area contributed by atoms with Crippen LogP contribution in [0.4, 0.5) is 17.1 Å². The molecule has 0 spiro atoms. The molecule has 0 aliphatic rings. The smallest absolute Gasteiger partial charge is 0.253 e. The minimum atomic E-state index is -0.0767. The summed E-state index contributed by atoms with van der Waals surface area (Å²) in [4.78, 5) is 13.4. The molecular formula is C16H18ClN3O. The molecule has 0 aliphatic carbocycles. The van der Waals surface area contributed by atoms with Gasteiger partial charge in [-0.15, -0.1) is 0 Å². The molecule has 3 N–H and O–H groups in total. The van der Waals surface area contributed by atoms with E-state index in [2.05, 4.69) is 5.32 Å². The molecule has 110 valence electrons. The predicted molar refractivity (Wildman–Crippen MR) is 88.3 cm³/mol. The van der Waals surface area contributed by atoms with Crippen LogP contribution in [0.25, 0.3) is 0 Å². The largest absolute Gasteiger partial charge is 0.397 e. The number of benzene rings is 2. The fourth-order valence-electron chi connectivity index (χ4n) is 1.96. The Kier molecular flexibility index (Phi) is 4.38. The predicted octanol–water partition coefficient (Wildman–Crippen LogP) is 3.68. The number of nitrogens with zero attached hydrogens (tertiary/aromatic N) is 1. The molecule has 4 nitrogen and oxygen atoms in total. The zero-order chi connectivity index (χ0) is 15.6. The van der Waals surface area contributed by atoms with Crippen molar-refractivity contribution < 1.29 is 4.79 Å². The second-order valence-electron chi connectivity index (χ2n) is 5.04. The Balaban J connectivity index is 2.30. The molecule has 5 heteroatoms. The molecule has 0 saturated carbocycles. The summed E-state index contributed by atoms with van der Waals surface area (Å²) in [6.45, 7) is 1.94. The number of anilines is 3. The number of carbonyl (C=O) groups is 1. The number of hydrogen-bond donors (Lipinski definition) is 2. The van der Waals surface area contributed by atoms with Crippen LogP contribution in [0.1, 0.15) is 15.9 Å². The second kappa shape index (κ2) is 6.06. The van der Waals surface area contributed by atoms with E-state index in [-0.39, 0.29) is 5.91 Å². The summed E-state index contributed by atoms with van der Waals surface area (Å²) in [5.41, 5.74) is 9.69. The molecule has 0 bridgehead atoms. The van der Waals surface area contributed by atoms with Gasteiger partial charge in [-0.25, -0.2) is 0 Å². The molecule has 0 aromatic heterocycles. The number of nitrogen functional groups attached to an aromatic ring is 1. The topological polar surface area (TPSA) is 58.4 Å². The molecule has 1 amide bonds. The number of nitrogens with two attached hydrogens (primary N) is 1. The summed E-state index contributed by atoms with van der Waals surface area (Å²) < 4.78 is 0. The molecule has 0 heterocycles. The highest BCUT2D eigenvalue weighted by atomic mass is 35.5. The molecule has 0 fully saturated rings. The summed E-state index contributed by atoms with van der Waals surface area (Å²) >= 11 is 6.10. The van der Waals surface area contributed by atoms with E-state index in [4.69, 9.17) is 17.3 Å². The van der Waals surface area contributed by atoms with Gasteiger partial charge in [0.15, 0.2) is 0 Å². The van der Waals surface area contributed by atoms with E-state index in [1.165, 1.54) is 4.90 Å². The summed E-state index contributed by atoms with van der Waals surface area (Å²) in [6, 6.07) is 10.9. The molecule has 21 heavy (non-hydrogen) atoms. The first kappa shape index (κ1) is 15.2. The maximum absolute atomic E-state index is 11.9. The Labute approximate surface area is 129 Å². The first-order chi connectivity index (χ1) is 9.90. The Morgan fingerprint density at radius 1 is 1.19 bits per heavy atom. The molecule has 0 unspecified atom stereocenters. The lowest BCUT2D eigenvalue weighted by Gasteiger charge is -2.15. The van der Waals surface area contributed by atoms with Crippen LogP contribution < -0.4 is 11.1 Å². The minimum Gasteiger partial charge on any atom is -0.397 e. The highest BCUT2D eigenvalue weighted by molar-refractivity contribution is 6.31. The highest BCUT2D eigenvalue weighted by Crippen LogP contribution is 2.29. The van der Waals surface area contributed by atoms with E-state index < -0.39 is 0 Å². The van der Waals surface area contributed by atoms with Crippen molar-refractivity contribution in [2.75, 3.05) is 25.1 Å². The molecule has 2 aromatic rings. The number of hydrogen-bond acceptors (Lipinski definition) is 3. The number of halogens is 1. The van der Waals surface area contributed by atoms with Crippen LogP contribution in [0.5, 0.6) is 0 Å². The van der Waals surface area contributed by atoms with Gasteiger partial charge >= 0.3 is 0 Å². The molecule has 0 saturated heterocycles. The van der Waals surface area contributed by atoms with Crippen molar-refractivity contribution >= 4 is 34.6 Å². The monoisotopic (exact) mass is 303 g/mol. The molecule has 2 rings (SSSR count). The van der Waals surface area contributed by atoms with E-state index in [0.717, 1.165) is 16.9 Å². The van der Waals surface area contributed by atoms with Gasteiger partial charge in [0, 0.05) is 30.4 Å². The Morgan fingerprint density at radius 3 is 2.52 bits per heavy atom. The lowest BCUT2D eigenvalue weighted by Crippen LogP contribution is -2.21. The van der Waals surface area contributed by atoms with Gasteiger partial charge in [-0.1, -0.05) is 17.7 Å². The number of amides is 1. The van der Waals surface area contributed by atoms with Crippen LogP contribution in [-0.4, -0.2) is 24.9 Å². The van der Waals surface area contributed by atoms with E-state index in [1.54, 1.807) is 32.3 Å². The van der Waals surface area contributed by atoms with Gasteiger partial charge in [-0.05, 0) is 42.8 Å². The highest BCUT2D eigenvalue weighted by Gasteiger charge is 2.11. The standard InChI is InChI=1S/C16H18ClN3O/c1-10-12(17)5-4-6-14(10)19-15-8-7-11(9-13(15)18)16(21)20(2)3/h4-9,19H,18H2,1-3H3. The summed E-state index contributed by atoms with van der Waals surface area (Å²) in [5, 5.41) is 3.93. The van der Waals surface area contributed by atoms with Crippen molar-refractivity contribution in [2.45, 2.75) is 6.92 Å². The van der Waals surface area contributed by atoms with Gasteiger partial charge in [0.25, 0.3) is 5.91 Å². The van der Waals surface area contributed by atoms with E-state index in [0.29, 0.717) is 16.3 Å². The first-order valence-electron chi connectivity index (χ1n) is 6.53. The van der Waals surface area contributed by atoms with Crippen LogP contribution in [0.3, 0.4) is 0 Å². The van der Waals surface area contributed by atoms with Crippen LogP contribution in [0.2, 0.25) is 5.02 Å². The van der Waals surface area contributed by atoms with Crippen LogP contribution in [0.15, 0.2) is 36.4 Å². The van der Waals surface area contributed by atoms with Gasteiger partial charge in [-0.3, -0.25) is 4.79 Å². The van der Waals surface area contributed by atoms with Crippen LogP contribution >= 0.6 is 11.6 Å². The number of rotatable bonds is 3. The third-order valence-electron chi connectivity index (χ3n) is 3.24. The van der Waals surface area contributed by atoms with Gasteiger partial charge in [0.05, 0.1) is 11.4 Å². The fraction of sp³-hybridized carbons (Fsp3) is 0.188. The van der Waals surface area contributed by atoms with Crippen molar-refractivity contribution in [3.8, 4) is 0 Å². The fourth-order valence-corrected chi connectivity index (χ4v) is 2.13. The average molecular weight is 304 g/mol. The van der Waals surface area contributed by atoms with Crippen molar-refractivity contribution in [3.05, 3.63) is 52.5 Å². The van der Waals surface area contributed by atoms with Crippen LogP contribution in [-0.2, 0) is 0 Å². The van der Waals surface area contributed by atoms with E-state index in [1.807, 2.05) is 25.1 Å². The summed E-state index contributed by atoms with van der Waals surface area (Å²) in [6.07, 6.45) is 0. The maximum atomic E-state index is 11.9. The zero-order valence-electron chi connectivity index (χ0n) is 12.3.